The average Bonchev–Trinajstić information content (AvgIpc) is 3.36. The van der Waals surface area contributed by atoms with Gasteiger partial charge in [0.1, 0.15) is 5.82 Å². The molecule has 2 aliphatic heterocycles. The summed E-state index contributed by atoms with van der Waals surface area (Å²) in [6.45, 7) is 2.58. The van der Waals surface area contributed by atoms with Gasteiger partial charge in [-0.1, -0.05) is 23.5 Å². The topological polar surface area (TPSA) is 99.3 Å². The fraction of sp³-hybridized carbons (Fsp3) is 0.316. The summed E-state index contributed by atoms with van der Waals surface area (Å²) in [6.07, 6.45) is 0.157. The lowest BCUT2D eigenvalue weighted by molar-refractivity contribution is -0.136. The number of aromatic amines is 1. The van der Waals surface area contributed by atoms with E-state index < -0.39 is 5.92 Å². The second-order valence-electron chi connectivity index (χ2n) is 7.14. The molecule has 0 bridgehead atoms. The Hall–Kier alpha value is -3.07. The molecular formula is C19H17N5O3S. The zero-order chi connectivity index (χ0) is 19.4. The Morgan fingerprint density at radius 2 is 2.04 bits per heavy atom. The van der Waals surface area contributed by atoms with Crippen LogP contribution in [0.25, 0.3) is 10.2 Å². The summed E-state index contributed by atoms with van der Waals surface area (Å²) >= 11 is 1.45. The van der Waals surface area contributed by atoms with E-state index in [9.17, 15) is 14.4 Å². The lowest BCUT2D eigenvalue weighted by Crippen LogP contribution is -2.34. The monoisotopic (exact) mass is 395 g/mol. The first kappa shape index (κ1) is 17.1. The molecule has 9 heteroatoms. The third-order valence-electron chi connectivity index (χ3n) is 5.21. The number of thiazole rings is 1. The fourth-order valence-electron chi connectivity index (χ4n) is 3.84. The molecule has 2 aliphatic rings. The van der Waals surface area contributed by atoms with Crippen LogP contribution in [-0.2, 0) is 22.7 Å². The van der Waals surface area contributed by atoms with Gasteiger partial charge in [-0.2, -0.15) is 0 Å². The summed E-state index contributed by atoms with van der Waals surface area (Å²) in [5.41, 5.74) is 1.82. The molecule has 0 spiro atoms. The Bertz CT molecular complexity index is 1150. The van der Waals surface area contributed by atoms with Gasteiger partial charge < -0.3 is 9.88 Å². The molecule has 1 aromatic carbocycles. The number of rotatable bonds is 2. The zero-order valence-corrected chi connectivity index (χ0v) is 16.0. The van der Waals surface area contributed by atoms with Crippen molar-refractivity contribution in [3.63, 3.8) is 0 Å². The molecule has 0 aliphatic carbocycles. The maximum atomic E-state index is 13.0. The molecule has 4 heterocycles. The highest BCUT2D eigenvalue weighted by atomic mass is 32.1. The molecule has 2 amide bonds. The van der Waals surface area contributed by atoms with Crippen LogP contribution in [0.2, 0.25) is 0 Å². The minimum atomic E-state index is -0.436. The van der Waals surface area contributed by atoms with Crippen molar-refractivity contribution in [2.45, 2.75) is 26.4 Å². The molecule has 1 unspecified atom stereocenters. The van der Waals surface area contributed by atoms with Crippen molar-refractivity contribution in [2.24, 2.45) is 5.92 Å². The van der Waals surface area contributed by atoms with Gasteiger partial charge >= 0.3 is 0 Å². The molecule has 1 fully saturated rings. The van der Waals surface area contributed by atoms with E-state index in [1.807, 2.05) is 24.3 Å². The van der Waals surface area contributed by atoms with Crippen molar-refractivity contribution in [3.05, 3.63) is 51.7 Å². The molecule has 142 valence electrons. The van der Waals surface area contributed by atoms with E-state index in [1.165, 1.54) is 11.3 Å². The van der Waals surface area contributed by atoms with Gasteiger partial charge in [0.15, 0.2) is 5.13 Å². The van der Waals surface area contributed by atoms with E-state index >= 15 is 0 Å². The molecule has 8 nitrogen and oxygen atoms in total. The van der Waals surface area contributed by atoms with Crippen LogP contribution in [0.3, 0.4) is 0 Å². The quantitative estimate of drug-likeness (QED) is 0.710. The van der Waals surface area contributed by atoms with E-state index in [-0.39, 0.29) is 30.3 Å². The van der Waals surface area contributed by atoms with Crippen molar-refractivity contribution < 1.29 is 9.59 Å². The fourth-order valence-corrected chi connectivity index (χ4v) is 4.83. The van der Waals surface area contributed by atoms with Crippen LogP contribution in [0.5, 0.6) is 0 Å². The first-order valence-electron chi connectivity index (χ1n) is 9.03. The summed E-state index contributed by atoms with van der Waals surface area (Å²) in [5.74, 6) is -0.113. The highest BCUT2D eigenvalue weighted by molar-refractivity contribution is 7.22. The number of nitrogens with one attached hydrogen (secondary N) is 1. The third-order valence-corrected chi connectivity index (χ3v) is 6.27. The summed E-state index contributed by atoms with van der Waals surface area (Å²) in [6, 6.07) is 7.72. The van der Waals surface area contributed by atoms with Crippen molar-refractivity contribution in [3.8, 4) is 0 Å². The summed E-state index contributed by atoms with van der Waals surface area (Å²) < 4.78 is 1.01. The molecule has 1 atom stereocenters. The second-order valence-corrected chi connectivity index (χ2v) is 8.15. The normalized spacial score (nSPS) is 18.9. The van der Waals surface area contributed by atoms with Gasteiger partial charge in [0.05, 0.1) is 40.5 Å². The number of anilines is 1. The molecule has 0 radical (unpaired) electrons. The summed E-state index contributed by atoms with van der Waals surface area (Å²) in [4.78, 5) is 52.4. The third kappa shape index (κ3) is 2.70. The number of aryl methyl sites for hydroxylation is 1. The smallest absolute Gasteiger partial charge is 0.256 e. The van der Waals surface area contributed by atoms with Gasteiger partial charge in [0, 0.05) is 13.0 Å². The van der Waals surface area contributed by atoms with Crippen LogP contribution in [0.15, 0.2) is 29.1 Å². The van der Waals surface area contributed by atoms with Gasteiger partial charge in [0.25, 0.3) is 5.56 Å². The van der Waals surface area contributed by atoms with Gasteiger partial charge in [-0.3, -0.25) is 19.3 Å². The molecule has 1 saturated heterocycles. The van der Waals surface area contributed by atoms with E-state index in [0.717, 1.165) is 10.2 Å². The van der Waals surface area contributed by atoms with E-state index in [0.29, 0.717) is 35.3 Å². The number of amides is 2. The van der Waals surface area contributed by atoms with Crippen molar-refractivity contribution in [2.75, 3.05) is 11.4 Å². The number of para-hydroxylation sites is 1. The molecule has 2 aromatic heterocycles. The van der Waals surface area contributed by atoms with E-state index in [1.54, 1.807) is 16.7 Å². The maximum Gasteiger partial charge on any atom is 0.256 e. The maximum absolute atomic E-state index is 13.0. The average molecular weight is 395 g/mol. The summed E-state index contributed by atoms with van der Waals surface area (Å²) in [7, 11) is 0. The van der Waals surface area contributed by atoms with Crippen molar-refractivity contribution in [1.29, 1.82) is 0 Å². The standard InChI is InChI=1S/C19H17N5O3S/c1-10-20-14-9-23(8-12(14)17(26)21-10)18(27)11-6-16(25)24(7-11)19-22-13-4-2-3-5-15(13)28-19/h2-5,11H,6-9H2,1H3,(H,20,21,26). The molecule has 0 saturated carbocycles. The molecule has 28 heavy (non-hydrogen) atoms. The number of hydrogen-bond donors (Lipinski definition) is 1. The van der Waals surface area contributed by atoms with Crippen molar-refractivity contribution >= 4 is 38.5 Å². The molecular weight excluding hydrogens is 378 g/mol. The minimum Gasteiger partial charge on any atom is -0.332 e. The molecule has 5 rings (SSSR count). The molecule has 1 N–H and O–H groups in total. The van der Waals surface area contributed by atoms with Gasteiger partial charge in [-0.05, 0) is 19.1 Å². The lowest BCUT2D eigenvalue weighted by Gasteiger charge is -2.19. The highest BCUT2D eigenvalue weighted by Gasteiger charge is 2.40. The number of H-pyrrole nitrogens is 1. The van der Waals surface area contributed by atoms with Crippen LogP contribution in [-0.4, -0.2) is 38.2 Å². The minimum absolute atomic E-state index is 0.0964. The van der Waals surface area contributed by atoms with E-state index in [4.69, 9.17) is 0 Å². The van der Waals surface area contributed by atoms with Crippen LogP contribution >= 0.6 is 11.3 Å². The SMILES string of the molecule is Cc1nc2c(c(=O)[nH]1)CN(C(=O)C1CC(=O)N(c3nc4ccccc4s3)C1)C2. The Balaban J connectivity index is 1.35. The zero-order valence-electron chi connectivity index (χ0n) is 15.1. The number of aromatic nitrogens is 3. The predicted molar refractivity (Wildman–Crippen MR) is 104 cm³/mol. The number of hydrogen-bond acceptors (Lipinski definition) is 6. The Labute approximate surface area is 163 Å². The number of fused-ring (bicyclic) bond motifs is 2. The summed E-state index contributed by atoms with van der Waals surface area (Å²) in [5, 5.41) is 0.625. The highest BCUT2D eigenvalue weighted by Crippen LogP contribution is 2.33. The number of nitrogens with zero attached hydrogens (tertiary/aromatic N) is 4. The first-order chi connectivity index (χ1) is 13.5. The van der Waals surface area contributed by atoms with Gasteiger partial charge in [0.2, 0.25) is 11.8 Å². The Kier molecular flexibility index (Phi) is 3.80. The van der Waals surface area contributed by atoms with Crippen molar-refractivity contribution in [1.82, 2.24) is 19.9 Å². The second kappa shape index (κ2) is 6.23. The van der Waals surface area contributed by atoms with Gasteiger partial charge in [-0.15, -0.1) is 0 Å². The van der Waals surface area contributed by atoms with E-state index in [2.05, 4.69) is 15.0 Å². The van der Waals surface area contributed by atoms with Crippen LogP contribution in [0.4, 0.5) is 5.13 Å². The van der Waals surface area contributed by atoms with Crippen LogP contribution in [0.1, 0.15) is 23.5 Å². The lowest BCUT2D eigenvalue weighted by atomic mass is 10.1. The first-order valence-corrected chi connectivity index (χ1v) is 9.84. The van der Waals surface area contributed by atoms with Gasteiger partial charge in [-0.25, -0.2) is 9.97 Å². The Morgan fingerprint density at radius 3 is 2.86 bits per heavy atom. The molecule has 3 aromatic rings. The Morgan fingerprint density at radius 1 is 1.21 bits per heavy atom. The van der Waals surface area contributed by atoms with Crippen LogP contribution < -0.4 is 10.5 Å². The number of carbonyl (C=O) groups excluding carboxylic acids is 2. The number of carbonyl (C=O) groups is 2. The van der Waals surface area contributed by atoms with Crippen LogP contribution in [0, 0.1) is 12.8 Å². The number of benzene rings is 1. The predicted octanol–water partition coefficient (Wildman–Crippen LogP) is 1.58. The largest absolute Gasteiger partial charge is 0.332 e.